The third-order valence-corrected chi connectivity index (χ3v) is 5.27. The number of rotatable bonds is 6. The van der Waals surface area contributed by atoms with Crippen LogP contribution in [0.2, 0.25) is 5.02 Å². The minimum absolute atomic E-state index is 0.0293. The maximum Gasteiger partial charge on any atom is 0.417 e. The van der Waals surface area contributed by atoms with E-state index in [1.807, 2.05) is 31.2 Å². The second-order valence-corrected chi connectivity index (χ2v) is 7.92. The summed E-state index contributed by atoms with van der Waals surface area (Å²) in [5, 5.41) is 1.73. The second-order valence-electron chi connectivity index (χ2n) is 7.51. The van der Waals surface area contributed by atoms with Crippen LogP contribution in [-0.4, -0.2) is 35.8 Å². The Hall–Kier alpha value is -3.07. The van der Waals surface area contributed by atoms with Gasteiger partial charge in [-0.1, -0.05) is 41.4 Å². The number of anilines is 1. The molecule has 3 rings (SSSR count). The average molecular weight is 469 g/mol. The molecule has 2 aromatic carbocycles. The predicted molar refractivity (Wildman–Crippen MR) is 111 cm³/mol. The number of nitrogens with zero attached hydrogens (tertiary/aromatic N) is 1. The maximum absolute atomic E-state index is 12.9. The van der Waals surface area contributed by atoms with Gasteiger partial charge in [0.05, 0.1) is 16.5 Å². The molecule has 1 atom stereocenters. The quantitative estimate of drug-likeness (QED) is 0.645. The number of carbonyl (C=O) groups is 3. The normalized spacial score (nSPS) is 16.2. The number of alkyl halides is 3. The third-order valence-electron chi connectivity index (χ3n) is 4.94. The Kier molecular flexibility index (Phi) is 7.08. The van der Waals surface area contributed by atoms with Crippen LogP contribution >= 0.6 is 11.6 Å². The topological polar surface area (TPSA) is 75.7 Å². The fourth-order valence-corrected chi connectivity index (χ4v) is 3.49. The monoisotopic (exact) mass is 468 g/mol. The lowest BCUT2D eigenvalue weighted by Crippen LogP contribution is -2.28. The maximum atomic E-state index is 12.9. The van der Waals surface area contributed by atoms with Crippen LogP contribution in [0.25, 0.3) is 0 Å². The van der Waals surface area contributed by atoms with Gasteiger partial charge in [0, 0.05) is 25.2 Å². The van der Waals surface area contributed by atoms with Crippen LogP contribution in [0.15, 0.2) is 42.5 Å². The molecule has 1 saturated heterocycles. The highest BCUT2D eigenvalue weighted by molar-refractivity contribution is 6.31. The largest absolute Gasteiger partial charge is 0.455 e. The average Bonchev–Trinajstić information content (AvgIpc) is 3.09. The van der Waals surface area contributed by atoms with E-state index in [-0.39, 0.29) is 24.6 Å². The molecule has 1 heterocycles. The fraction of sp³-hybridized carbons (Fsp3) is 0.318. The molecular formula is C22H20ClF3N2O4. The van der Waals surface area contributed by atoms with Crippen LogP contribution in [0.4, 0.5) is 18.9 Å². The molecule has 6 nitrogen and oxygen atoms in total. The Balaban J connectivity index is 1.51. The van der Waals surface area contributed by atoms with Crippen molar-refractivity contribution in [3.05, 3.63) is 64.2 Å². The van der Waals surface area contributed by atoms with Gasteiger partial charge in [0.2, 0.25) is 5.91 Å². The molecule has 0 spiro atoms. The number of ether oxygens (including phenoxy) is 1. The molecule has 170 valence electrons. The van der Waals surface area contributed by atoms with Crippen molar-refractivity contribution in [2.45, 2.75) is 26.1 Å². The molecule has 2 aromatic rings. The number of aryl methyl sites for hydroxylation is 1. The van der Waals surface area contributed by atoms with Crippen LogP contribution < -0.4 is 5.32 Å². The van der Waals surface area contributed by atoms with Gasteiger partial charge >= 0.3 is 12.1 Å². The first kappa shape index (κ1) is 23.6. The summed E-state index contributed by atoms with van der Waals surface area (Å²) in [6.45, 7) is 1.79. The van der Waals surface area contributed by atoms with E-state index >= 15 is 0 Å². The Labute approximate surface area is 187 Å². The van der Waals surface area contributed by atoms with Crippen LogP contribution in [0, 0.1) is 12.8 Å². The van der Waals surface area contributed by atoms with Crippen molar-refractivity contribution in [1.29, 1.82) is 0 Å². The van der Waals surface area contributed by atoms with Crippen molar-refractivity contribution < 1.29 is 32.3 Å². The van der Waals surface area contributed by atoms with Gasteiger partial charge in [0.25, 0.3) is 5.91 Å². The molecule has 1 fully saturated rings. The molecular weight excluding hydrogens is 449 g/mol. The van der Waals surface area contributed by atoms with Crippen LogP contribution in [-0.2, 0) is 31.8 Å². The molecule has 10 heteroatoms. The number of likely N-dealkylation sites (tertiary alicyclic amines) is 1. The molecule has 0 aromatic heterocycles. The number of halogens is 4. The first-order valence-corrected chi connectivity index (χ1v) is 10.1. The molecule has 2 amide bonds. The van der Waals surface area contributed by atoms with Gasteiger partial charge in [-0.15, -0.1) is 0 Å². The van der Waals surface area contributed by atoms with E-state index < -0.39 is 41.2 Å². The number of hydrogen-bond donors (Lipinski definition) is 1. The van der Waals surface area contributed by atoms with Crippen molar-refractivity contribution in [3.8, 4) is 0 Å². The number of amides is 2. The van der Waals surface area contributed by atoms with Gasteiger partial charge in [-0.2, -0.15) is 13.2 Å². The summed E-state index contributed by atoms with van der Waals surface area (Å²) in [5.41, 5.74) is 0.795. The first-order valence-electron chi connectivity index (χ1n) is 9.69. The summed E-state index contributed by atoms with van der Waals surface area (Å²) in [6.07, 6.45) is -4.71. The summed E-state index contributed by atoms with van der Waals surface area (Å²) < 4.78 is 43.7. The number of nitrogens with one attached hydrogen (secondary N) is 1. The smallest absolute Gasteiger partial charge is 0.417 e. The van der Waals surface area contributed by atoms with E-state index in [1.165, 1.54) is 6.07 Å². The first-order chi connectivity index (χ1) is 15.0. The zero-order valence-electron chi connectivity index (χ0n) is 17.0. The molecule has 0 bridgehead atoms. The van der Waals surface area contributed by atoms with Gasteiger partial charge in [-0.3, -0.25) is 14.4 Å². The Morgan fingerprint density at radius 2 is 1.88 bits per heavy atom. The highest BCUT2D eigenvalue weighted by atomic mass is 35.5. The fourth-order valence-electron chi connectivity index (χ4n) is 3.27. The molecule has 0 unspecified atom stereocenters. The van der Waals surface area contributed by atoms with Crippen molar-refractivity contribution in [2.75, 3.05) is 18.5 Å². The lowest BCUT2D eigenvalue weighted by atomic mass is 10.1. The van der Waals surface area contributed by atoms with Gasteiger partial charge in [-0.05, 0) is 30.7 Å². The van der Waals surface area contributed by atoms with Gasteiger partial charge in [-0.25, -0.2) is 0 Å². The van der Waals surface area contributed by atoms with E-state index in [9.17, 15) is 27.6 Å². The Morgan fingerprint density at radius 3 is 2.53 bits per heavy atom. The highest BCUT2D eigenvalue weighted by Gasteiger charge is 2.36. The molecule has 32 heavy (non-hydrogen) atoms. The summed E-state index contributed by atoms with van der Waals surface area (Å²) >= 11 is 5.54. The van der Waals surface area contributed by atoms with E-state index in [0.29, 0.717) is 12.6 Å². The molecule has 0 saturated carbocycles. The summed E-state index contributed by atoms with van der Waals surface area (Å²) in [4.78, 5) is 38.0. The Bertz CT molecular complexity index is 1020. The number of hydrogen-bond acceptors (Lipinski definition) is 4. The zero-order valence-corrected chi connectivity index (χ0v) is 17.8. The molecule has 0 radical (unpaired) electrons. The van der Waals surface area contributed by atoms with E-state index in [2.05, 4.69) is 5.32 Å². The van der Waals surface area contributed by atoms with E-state index in [0.717, 1.165) is 17.2 Å². The minimum Gasteiger partial charge on any atom is -0.455 e. The van der Waals surface area contributed by atoms with Gasteiger partial charge in [0.15, 0.2) is 6.61 Å². The number of esters is 1. The van der Waals surface area contributed by atoms with Crippen molar-refractivity contribution >= 4 is 35.1 Å². The van der Waals surface area contributed by atoms with Crippen molar-refractivity contribution in [3.63, 3.8) is 0 Å². The summed E-state index contributed by atoms with van der Waals surface area (Å²) in [6, 6.07) is 10.6. The van der Waals surface area contributed by atoms with Crippen molar-refractivity contribution in [2.24, 2.45) is 5.92 Å². The molecule has 1 N–H and O–H groups in total. The van der Waals surface area contributed by atoms with Crippen LogP contribution in [0.1, 0.15) is 23.1 Å². The third kappa shape index (κ3) is 6.00. The van der Waals surface area contributed by atoms with Crippen molar-refractivity contribution in [1.82, 2.24) is 4.90 Å². The molecule has 1 aliphatic heterocycles. The van der Waals surface area contributed by atoms with Crippen LogP contribution in [0.5, 0.6) is 0 Å². The SMILES string of the molecule is Cc1ccc(CN2C[C@H](C(=O)OCC(=O)Nc3ccc(Cl)c(C(F)(F)F)c3)CC2=O)cc1. The molecule has 0 aliphatic carbocycles. The lowest BCUT2D eigenvalue weighted by molar-refractivity contribution is -0.151. The minimum atomic E-state index is -4.68. The highest BCUT2D eigenvalue weighted by Crippen LogP contribution is 2.36. The second kappa shape index (κ2) is 9.60. The lowest BCUT2D eigenvalue weighted by Gasteiger charge is -2.16. The summed E-state index contributed by atoms with van der Waals surface area (Å²) in [7, 11) is 0. The predicted octanol–water partition coefficient (Wildman–Crippen LogP) is 4.20. The number of benzene rings is 2. The standard InChI is InChI=1S/C22H20ClF3N2O4/c1-13-2-4-14(5-3-13)10-28-11-15(8-20(28)30)21(31)32-12-19(29)27-16-6-7-18(23)17(9-16)22(24,25)26/h2-7,9,15H,8,10-12H2,1H3,(H,27,29)/t15-/m1/s1. The van der Waals surface area contributed by atoms with E-state index in [1.54, 1.807) is 4.90 Å². The Morgan fingerprint density at radius 1 is 1.19 bits per heavy atom. The molecule has 1 aliphatic rings. The van der Waals surface area contributed by atoms with E-state index in [4.69, 9.17) is 16.3 Å². The summed E-state index contributed by atoms with van der Waals surface area (Å²) in [5.74, 6) is -2.44. The van der Waals surface area contributed by atoms with Gasteiger partial charge < -0.3 is 15.0 Å². The van der Waals surface area contributed by atoms with Crippen LogP contribution in [0.3, 0.4) is 0 Å². The van der Waals surface area contributed by atoms with Gasteiger partial charge in [0.1, 0.15) is 0 Å². The zero-order chi connectivity index (χ0) is 23.5. The number of carbonyl (C=O) groups excluding carboxylic acids is 3.